The van der Waals surface area contributed by atoms with Crippen LogP contribution in [0, 0.1) is 0 Å². The lowest BCUT2D eigenvalue weighted by molar-refractivity contribution is 0.605. The van der Waals surface area contributed by atoms with Crippen LogP contribution < -0.4 is 0 Å². The van der Waals surface area contributed by atoms with Crippen LogP contribution in [0.2, 0.25) is 0 Å². The molecule has 0 saturated carbocycles. The van der Waals surface area contributed by atoms with E-state index in [1.54, 1.807) is 0 Å². The van der Waals surface area contributed by atoms with E-state index in [1.807, 2.05) is 0 Å². The molecule has 18 rings (SSSR count). The van der Waals surface area contributed by atoms with Gasteiger partial charge in [-0.3, -0.25) is 0 Å². The lowest BCUT2D eigenvalue weighted by Crippen LogP contribution is -2.29. The quantitative estimate of drug-likeness (QED) is 0.127. The van der Waals surface area contributed by atoms with Gasteiger partial charge in [-0.05, 0) is 174 Å². The highest BCUT2D eigenvalue weighted by molar-refractivity contribution is 6.20. The number of hydrogen-bond donors (Lipinski definition) is 0. The van der Waals surface area contributed by atoms with E-state index in [-0.39, 0.29) is 23.7 Å². The van der Waals surface area contributed by atoms with Crippen molar-refractivity contribution in [1.82, 2.24) is 0 Å². The molecule has 16 aromatic rings. The average molecular weight is 1100 g/mol. The Morgan fingerprint density at radius 1 is 0.221 bits per heavy atom. The minimum absolute atomic E-state index is 0.0267. The molecule has 0 fully saturated rings. The zero-order valence-corrected chi connectivity index (χ0v) is 48.4. The van der Waals surface area contributed by atoms with Crippen LogP contribution in [0.5, 0.6) is 0 Å². The SMILES string of the molecule is CC1C2=C(C(C)c3c1c(-c1ccc4c(c1)oc1ccccc14)c1ccccc1c3-c1ccc(-c3cccc4ccccc34)cc1)C(C)c1c(c(-c3ccc4c(c3)oc3ccccc34)c3ccccc3c1-c1cc3ccccc3c3ccccc13)C2C. The van der Waals surface area contributed by atoms with Gasteiger partial charge >= 0.3 is 0 Å². The molecule has 2 aromatic heterocycles. The molecule has 0 radical (unpaired) electrons. The Morgan fingerprint density at radius 2 is 0.581 bits per heavy atom. The third kappa shape index (κ3) is 6.96. The standard InChI is InChI=1S/C84H58O2/c1-47-76-50(4)80-79(83(56-41-43-65-63-28-16-18-35-72(63)86-74(65)46-56)68-31-13-14-32-69(68)84(80)70-44-54-21-6-8-24-59(54)60-25-9-10-26-61(60)70)49(3)75(76)48(2)78-77(47)81(53-38-36-52(37-39-53)58-33-19-22-51-20-5-7-23-57(51)58)66-29-11-12-30-67(66)82(78)55-40-42-64-62-27-15-17-34-71(62)85-73(64)45-55/h5-50H,1-4H3. The summed E-state index contributed by atoms with van der Waals surface area (Å²) in [4.78, 5) is 0. The number of rotatable bonds is 5. The lowest BCUT2D eigenvalue weighted by Gasteiger charge is -2.46. The van der Waals surface area contributed by atoms with Crippen LogP contribution in [-0.4, -0.2) is 0 Å². The maximum atomic E-state index is 6.77. The molecule has 14 aromatic carbocycles. The molecule has 2 heteroatoms. The van der Waals surface area contributed by atoms with E-state index in [0.29, 0.717) is 0 Å². The van der Waals surface area contributed by atoms with Gasteiger partial charge in [0.2, 0.25) is 0 Å². The summed E-state index contributed by atoms with van der Waals surface area (Å²) in [5, 5.41) is 17.2. The van der Waals surface area contributed by atoms with E-state index in [0.717, 1.165) is 43.9 Å². The molecule has 86 heavy (non-hydrogen) atoms. The highest BCUT2D eigenvalue weighted by Crippen LogP contribution is 2.64. The third-order valence-corrected chi connectivity index (χ3v) is 20.2. The first-order valence-corrected chi connectivity index (χ1v) is 30.6. The van der Waals surface area contributed by atoms with Crippen molar-refractivity contribution in [3.05, 3.63) is 288 Å². The van der Waals surface area contributed by atoms with Crippen molar-refractivity contribution in [2.45, 2.75) is 51.4 Å². The highest BCUT2D eigenvalue weighted by Gasteiger charge is 2.45. The summed E-state index contributed by atoms with van der Waals surface area (Å²) in [6.45, 7) is 10.2. The van der Waals surface area contributed by atoms with Gasteiger partial charge < -0.3 is 8.83 Å². The van der Waals surface area contributed by atoms with Crippen LogP contribution in [0.1, 0.15) is 73.6 Å². The molecule has 2 aliphatic carbocycles. The normalized spacial score (nSPS) is 16.8. The van der Waals surface area contributed by atoms with E-state index in [1.165, 1.54) is 143 Å². The van der Waals surface area contributed by atoms with Crippen LogP contribution in [0.25, 0.3) is 153 Å². The topological polar surface area (TPSA) is 26.3 Å². The summed E-state index contributed by atoms with van der Waals surface area (Å²) in [6.07, 6.45) is 0. The molecular weight excluding hydrogens is 1040 g/mol. The van der Waals surface area contributed by atoms with Crippen LogP contribution in [-0.2, 0) is 0 Å². The van der Waals surface area contributed by atoms with Gasteiger partial charge in [0.05, 0.1) is 0 Å². The van der Waals surface area contributed by atoms with Crippen LogP contribution in [0.4, 0.5) is 0 Å². The summed E-state index contributed by atoms with van der Waals surface area (Å²) in [5.41, 5.74) is 25.0. The molecule has 4 atom stereocenters. The van der Waals surface area contributed by atoms with E-state index in [4.69, 9.17) is 8.83 Å². The fourth-order valence-electron chi connectivity index (χ4n) is 16.7. The van der Waals surface area contributed by atoms with Crippen LogP contribution in [0.3, 0.4) is 0 Å². The summed E-state index contributed by atoms with van der Waals surface area (Å²) in [7, 11) is 0. The second kappa shape index (κ2) is 18.6. The molecule has 0 bridgehead atoms. The smallest absolute Gasteiger partial charge is 0.136 e. The number of allylic oxidation sites excluding steroid dienone is 2. The Bertz CT molecular complexity index is 5600. The predicted octanol–water partition coefficient (Wildman–Crippen LogP) is 24.0. The van der Waals surface area contributed by atoms with Gasteiger partial charge in [0.1, 0.15) is 22.3 Å². The van der Waals surface area contributed by atoms with Gasteiger partial charge in [-0.2, -0.15) is 0 Å². The first kappa shape index (κ1) is 49.2. The Hall–Kier alpha value is -10.3. The zero-order chi connectivity index (χ0) is 57.1. The molecule has 4 unspecified atom stereocenters. The number of benzene rings is 14. The van der Waals surface area contributed by atoms with E-state index in [9.17, 15) is 0 Å². The fraction of sp³-hybridized carbons (Fsp3) is 0.0952. The van der Waals surface area contributed by atoms with E-state index in [2.05, 4.69) is 282 Å². The fourth-order valence-corrected chi connectivity index (χ4v) is 16.7. The molecule has 2 heterocycles. The van der Waals surface area contributed by atoms with Gasteiger partial charge in [-0.15, -0.1) is 0 Å². The zero-order valence-electron chi connectivity index (χ0n) is 48.4. The van der Waals surface area contributed by atoms with Crippen molar-refractivity contribution in [3.63, 3.8) is 0 Å². The van der Waals surface area contributed by atoms with Crippen LogP contribution in [0.15, 0.2) is 275 Å². The second-order valence-electron chi connectivity index (χ2n) is 24.5. The van der Waals surface area contributed by atoms with Crippen molar-refractivity contribution < 1.29 is 8.83 Å². The molecule has 406 valence electrons. The van der Waals surface area contributed by atoms with Crippen LogP contribution >= 0.6 is 0 Å². The molecule has 0 spiro atoms. The molecule has 0 aliphatic heterocycles. The van der Waals surface area contributed by atoms with Gasteiger partial charge in [0, 0.05) is 45.2 Å². The molecule has 0 amide bonds. The third-order valence-electron chi connectivity index (χ3n) is 20.2. The number of para-hydroxylation sites is 2. The van der Waals surface area contributed by atoms with Gasteiger partial charge in [-0.25, -0.2) is 0 Å². The molecule has 0 saturated heterocycles. The number of furan rings is 2. The highest BCUT2D eigenvalue weighted by atomic mass is 16.3. The summed E-state index contributed by atoms with van der Waals surface area (Å²) >= 11 is 0. The van der Waals surface area contributed by atoms with Gasteiger partial charge in [0.25, 0.3) is 0 Å². The molecular formula is C84H58O2. The Kier molecular flexibility index (Phi) is 10.6. The van der Waals surface area contributed by atoms with Crippen molar-refractivity contribution in [3.8, 4) is 55.6 Å². The Balaban J connectivity index is 0.934. The maximum absolute atomic E-state index is 6.77. The average Bonchev–Trinajstić information content (AvgIpc) is 0.922. The monoisotopic (exact) mass is 1100 g/mol. The van der Waals surface area contributed by atoms with E-state index < -0.39 is 0 Å². The van der Waals surface area contributed by atoms with Crippen molar-refractivity contribution in [2.24, 2.45) is 0 Å². The second-order valence-corrected chi connectivity index (χ2v) is 24.5. The Labute approximate surface area is 498 Å². The summed E-state index contributed by atoms with van der Waals surface area (Å²) in [6, 6.07) is 95.0. The maximum Gasteiger partial charge on any atom is 0.136 e. The minimum atomic E-state index is 0.0267. The largest absolute Gasteiger partial charge is 0.456 e. The van der Waals surface area contributed by atoms with E-state index >= 15 is 0 Å². The van der Waals surface area contributed by atoms with Gasteiger partial charge in [0.15, 0.2) is 0 Å². The minimum Gasteiger partial charge on any atom is -0.456 e. The number of hydrogen-bond acceptors (Lipinski definition) is 2. The van der Waals surface area contributed by atoms with Crippen molar-refractivity contribution in [2.75, 3.05) is 0 Å². The lowest BCUT2D eigenvalue weighted by atomic mass is 9.57. The van der Waals surface area contributed by atoms with Gasteiger partial charge in [-0.1, -0.05) is 251 Å². The first-order chi connectivity index (χ1) is 42.4. The number of fused-ring (bicyclic) bond motifs is 14. The molecule has 2 aliphatic rings. The summed E-state index contributed by atoms with van der Waals surface area (Å²) in [5.74, 6) is 0.127. The first-order valence-electron chi connectivity index (χ1n) is 30.6. The predicted molar refractivity (Wildman–Crippen MR) is 363 cm³/mol. The summed E-state index contributed by atoms with van der Waals surface area (Å²) < 4.78 is 13.5. The molecule has 2 nitrogen and oxygen atoms in total. The molecule has 0 N–H and O–H groups in total. The van der Waals surface area contributed by atoms with Crippen molar-refractivity contribution >= 4 is 97.7 Å². The Morgan fingerprint density at radius 3 is 1.12 bits per heavy atom. The van der Waals surface area contributed by atoms with Crippen molar-refractivity contribution in [1.29, 1.82) is 0 Å².